The molecule has 2 fully saturated rings. The Bertz CT molecular complexity index is 817. The summed E-state index contributed by atoms with van der Waals surface area (Å²) in [5.74, 6) is -0.345. The Kier molecular flexibility index (Phi) is 6.44. The number of carbonyl (C=O) groups excluding carboxylic acids is 1. The fraction of sp³-hybridized carbons (Fsp3) is 0.667. The van der Waals surface area contributed by atoms with Gasteiger partial charge in [0.25, 0.3) is 5.91 Å². The smallest absolute Gasteiger partial charge is 0.254 e. The van der Waals surface area contributed by atoms with Crippen molar-refractivity contribution in [2.24, 2.45) is 17.8 Å². The molecule has 0 aromatic heterocycles. The number of piperidine rings is 1. The molecule has 0 spiro atoms. The van der Waals surface area contributed by atoms with Crippen molar-refractivity contribution in [1.82, 2.24) is 9.62 Å². The van der Waals surface area contributed by atoms with Gasteiger partial charge >= 0.3 is 0 Å². The van der Waals surface area contributed by atoms with Gasteiger partial charge in [-0.1, -0.05) is 33.6 Å². The van der Waals surface area contributed by atoms with Gasteiger partial charge in [0.05, 0.1) is 10.5 Å². The Morgan fingerprint density at radius 3 is 2.39 bits per heavy atom. The van der Waals surface area contributed by atoms with E-state index in [9.17, 15) is 17.6 Å². The molecule has 156 valence electrons. The lowest BCUT2D eigenvalue weighted by atomic mass is 9.86. The van der Waals surface area contributed by atoms with E-state index in [1.807, 2.05) is 13.8 Å². The third-order valence-corrected chi connectivity index (χ3v) is 7.91. The van der Waals surface area contributed by atoms with Crippen molar-refractivity contribution < 1.29 is 17.6 Å². The summed E-state index contributed by atoms with van der Waals surface area (Å²) in [6, 6.07) is 3.54. The fourth-order valence-electron chi connectivity index (χ4n) is 4.57. The summed E-state index contributed by atoms with van der Waals surface area (Å²) in [6.07, 6.45) is 5.08. The van der Waals surface area contributed by atoms with Crippen molar-refractivity contribution in [1.29, 1.82) is 0 Å². The number of benzene rings is 1. The van der Waals surface area contributed by atoms with Gasteiger partial charge in [-0.3, -0.25) is 4.79 Å². The van der Waals surface area contributed by atoms with Crippen LogP contribution in [0, 0.1) is 23.6 Å². The molecule has 1 saturated carbocycles. The highest BCUT2D eigenvalue weighted by Crippen LogP contribution is 2.28. The minimum Gasteiger partial charge on any atom is -0.349 e. The number of hydrogen-bond acceptors (Lipinski definition) is 3. The van der Waals surface area contributed by atoms with Gasteiger partial charge in [0, 0.05) is 19.1 Å². The summed E-state index contributed by atoms with van der Waals surface area (Å²) >= 11 is 0. The Balaban J connectivity index is 1.83. The van der Waals surface area contributed by atoms with E-state index in [4.69, 9.17) is 0 Å². The Morgan fingerprint density at radius 2 is 1.75 bits per heavy atom. The van der Waals surface area contributed by atoms with Crippen molar-refractivity contribution in [2.45, 2.75) is 63.8 Å². The van der Waals surface area contributed by atoms with Crippen LogP contribution in [-0.2, 0) is 10.0 Å². The van der Waals surface area contributed by atoms with E-state index in [-0.39, 0.29) is 28.3 Å². The molecule has 1 aliphatic heterocycles. The average molecular weight is 411 g/mol. The normalized spacial score (nSPS) is 29.4. The number of nitrogens with zero attached hydrogens (tertiary/aromatic N) is 1. The third-order valence-electron chi connectivity index (χ3n) is 6.08. The molecule has 1 aromatic rings. The van der Waals surface area contributed by atoms with Crippen molar-refractivity contribution in [3.05, 3.63) is 29.6 Å². The molecule has 5 nitrogen and oxygen atoms in total. The van der Waals surface area contributed by atoms with Gasteiger partial charge < -0.3 is 5.32 Å². The highest BCUT2D eigenvalue weighted by Gasteiger charge is 2.33. The van der Waals surface area contributed by atoms with Crippen LogP contribution in [0.25, 0.3) is 0 Å². The second kappa shape index (κ2) is 8.49. The Morgan fingerprint density at radius 1 is 1.11 bits per heavy atom. The van der Waals surface area contributed by atoms with Gasteiger partial charge in [-0.15, -0.1) is 0 Å². The van der Waals surface area contributed by atoms with Crippen molar-refractivity contribution in [3.63, 3.8) is 0 Å². The van der Waals surface area contributed by atoms with Crippen molar-refractivity contribution in [3.8, 4) is 0 Å². The zero-order valence-corrected chi connectivity index (χ0v) is 17.8. The molecular formula is C21H31FN2O3S. The minimum atomic E-state index is -3.76. The van der Waals surface area contributed by atoms with Gasteiger partial charge in [0.15, 0.2) is 0 Å². The zero-order valence-electron chi connectivity index (χ0n) is 16.9. The van der Waals surface area contributed by atoms with E-state index in [0.29, 0.717) is 19.0 Å². The number of hydrogen-bond donors (Lipinski definition) is 1. The van der Waals surface area contributed by atoms with E-state index >= 15 is 0 Å². The molecule has 0 bridgehead atoms. The third kappa shape index (κ3) is 4.57. The van der Waals surface area contributed by atoms with Crippen LogP contribution in [0.2, 0.25) is 0 Å². The SMILES string of the molecule is C[C@@H]1C[C@H](C)CN(S(=O)(=O)c2ccc(F)c(C(=O)N[C@@H]3CCCC[C@@H]3C)c2)C1. The molecule has 28 heavy (non-hydrogen) atoms. The highest BCUT2D eigenvalue weighted by atomic mass is 32.2. The van der Waals surface area contributed by atoms with Crippen LogP contribution in [-0.4, -0.2) is 37.8 Å². The monoisotopic (exact) mass is 410 g/mol. The first kappa shape index (κ1) is 21.2. The van der Waals surface area contributed by atoms with E-state index in [1.165, 1.54) is 16.4 Å². The van der Waals surface area contributed by atoms with Crippen LogP contribution in [0.1, 0.15) is 63.2 Å². The zero-order chi connectivity index (χ0) is 20.5. The lowest BCUT2D eigenvalue weighted by Gasteiger charge is -2.34. The van der Waals surface area contributed by atoms with Gasteiger partial charge in [0.1, 0.15) is 5.82 Å². The van der Waals surface area contributed by atoms with Crippen LogP contribution in [0.15, 0.2) is 23.1 Å². The second-order valence-electron chi connectivity index (χ2n) is 8.75. The average Bonchev–Trinajstić information content (AvgIpc) is 2.63. The largest absolute Gasteiger partial charge is 0.349 e. The molecule has 0 radical (unpaired) electrons. The predicted molar refractivity (Wildman–Crippen MR) is 107 cm³/mol. The summed E-state index contributed by atoms with van der Waals surface area (Å²) in [4.78, 5) is 12.7. The molecule has 1 heterocycles. The minimum absolute atomic E-state index is 0.00436. The molecule has 1 aromatic carbocycles. The van der Waals surface area contributed by atoms with Crippen LogP contribution in [0.3, 0.4) is 0 Å². The van der Waals surface area contributed by atoms with Crippen molar-refractivity contribution >= 4 is 15.9 Å². The molecule has 1 N–H and O–H groups in total. The quantitative estimate of drug-likeness (QED) is 0.821. The fourth-order valence-corrected chi connectivity index (χ4v) is 6.27. The van der Waals surface area contributed by atoms with Crippen LogP contribution >= 0.6 is 0 Å². The molecular weight excluding hydrogens is 379 g/mol. The molecule has 1 amide bonds. The maximum Gasteiger partial charge on any atom is 0.254 e. The van der Waals surface area contributed by atoms with Crippen LogP contribution in [0.5, 0.6) is 0 Å². The molecule has 7 heteroatoms. The lowest BCUT2D eigenvalue weighted by Crippen LogP contribution is -2.43. The first-order chi connectivity index (χ1) is 13.2. The number of rotatable bonds is 4. The number of halogens is 1. The Labute approximate surface area is 167 Å². The number of amides is 1. The van der Waals surface area contributed by atoms with E-state index < -0.39 is 21.7 Å². The maximum absolute atomic E-state index is 14.4. The summed E-state index contributed by atoms with van der Waals surface area (Å²) in [6.45, 7) is 7.05. The first-order valence-corrected chi connectivity index (χ1v) is 11.7. The molecule has 2 aliphatic rings. The standard InChI is InChI=1S/C21H31FN2O3S/c1-14-10-15(2)13-24(12-14)28(26,27)17-8-9-19(22)18(11-17)21(25)23-20-7-5-4-6-16(20)3/h8-9,11,14-16,20H,4-7,10,12-13H2,1-3H3,(H,23,25)/t14-,15+,16-,20+/m0/s1. The van der Waals surface area contributed by atoms with Gasteiger partial charge in [-0.05, 0) is 55.2 Å². The van der Waals surface area contributed by atoms with Crippen LogP contribution in [0.4, 0.5) is 4.39 Å². The summed E-state index contributed by atoms with van der Waals surface area (Å²) in [7, 11) is -3.76. The number of sulfonamides is 1. The van der Waals surface area contributed by atoms with Crippen LogP contribution < -0.4 is 5.32 Å². The van der Waals surface area contributed by atoms with E-state index in [0.717, 1.165) is 38.2 Å². The Hall–Kier alpha value is -1.47. The first-order valence-electron chi connectivity index (χ1n) is 10.3. The summed E-state index contributed by atoms with van der Waals surface area (Å²) < 4.78 is 42.0. The van der Waals surface area contributed by atoms with Crippen molar-refractivity contribution in [2.75, 3.05) is 13.1 Å². The lowest BCUT2D eigenvalue weighted by molar-refractivity contribution is 0.0906. The predicted octanol–water partition coefficient (Wildman–Crippen LogP) is 3.80. The number of nitrogens with one attached hydrogen (secondary N) is 1. The highest BCUT2D eigenvalue weighted by molar-refractivity contribution is 7.89. The van der Waals surface area contributed by atoms with E-state index in [1.54, 1.807) is 0 Å². The second-order valence-corrected chi connectivity index (χ2v) is 10.7. The summed E-state index contributed by atoms with van der Waals surface area (Å²) in [5.41, 5.74) is -0.197. The molecule has 1 saturated heterocycles. The summed E-state index contributed by atoms with van der Waals surface area (Å²) in [5, 5.41) is 2.91. The van der Waals surface area contributed by atoms with Gasteiger partial charge in [-0.2, -0.15) is 4.31 Å². The topological polar surface area (TPSA) is 66.5 Å². The molecule has 1 aliphatic carbocycles. The molecule has 0 unspecified atom stereocenters. The molecule has 3 rings (SSSR count). The molecule has 4 atom stereocenters. The maximum atomic E-state index is 14.4. The van der Waals surface area contributed by atoms with Gasteiger partial charge in [0.2, 0.25) is 10.0 Å². The van der Waals surface area contributed by atoms with Gasteiger partial charge in [-0.25, -0.2) is 12.8 Å². The van der Waals surface area contributed by atoms with E-state index in [2.05, 4.69) is 12.2 Å². The number of carbonyl (C=O) groups is 1.